The summed E-state index contributed by atoms with van der Waals surface area (Å²) in [5, 5.41) is 0. The molecule has 0 saturated carbocycles. The summed E-state index contributed by atoms with van der Waals surface area (Å²) < 4.78 is 5.12. The van der Waals surface area contributed by atoms with Gasteiger partial charge in [0.25, 0.3) is 0 Å². The van der Waals surface area contributed by atoms with Crippen LogP contribution in [0, 0.1) is 0 Å². The maximum Gasteiger partial charge on any atom is 0.426 e. The van der Waals surface area contributed by atoms with E-state index in [2.05, 4.69) is 4.99 Å². The molecule has 2 aliphatic heterocycles. The molecule has 0 radical (unpaired) electrons. The number of hydrogen-bond acceptors (Lipinski definition) is 4. The first-order valence-corrected chi connectivity index (χ1v) is 5.84. The number of nitrogens with zero attached hydrogens (tertiary/aromatic N) is 3. The number of hydrogen-bond donors (Lipinski definition) is 0. The van der Waals surface area contributed by atoms with Crippen molar-refractivity contribution in [1.29, 1.82) is 0 Å². The fraction of sp³-hybridized carbons (Fsp3) is 0.727. The maximum absolute atomic E-state index is 12.2. The lowest BCUT2D eigenvalue weighted by molar-refractivity contribution is 0.0881. The number of ether oxygens (including phenoxy) is 1. The Bertz CT molecular complexity index is 391. The average molecular weight is 239 g/mol. The normalized spacial score (nSPS) is 29.1. The highest BCUT2D eigenvalue weighted by molar-refractivity contribution is 6.08. The summed E-state index contributed by atoms with van der Waals surface area (Å²) in [6.07, 6.45) is 0.139. The molecule has 2 heterocycles. The summed E-state index contributed by atoms with van der Waals surface area (Å²) in [7, 11) is 0. The molecular formula is C11H17N3O3. The molecule has 0 aromatic rings. The Morgan fingerprint density at radius 3 is 2.59 bits per heavy atom. The van der Waals surface area contributed by atoms with Crippen LogP contribution in [0.4, 0.5) is 9.59 Å². The van der Waals surface area contributed by atoms with Crippen molar-refractivity contribution in [3.63, 3.8) is 0 Å². The Morgan fingerprint density at radius 2 is 2.00 bits per heavy atom. The predicted octanol–water partition coefficient (Wildman–Crippen LogP) is 1.81. The van der Waals surface area contributed by atoms with E-state index in [0.29, 0.717) is 0 Å². The van der Waals surface area contributed by atoms with Crippen LogP contribution in [0.25, 0.3) is 0 Å². The number of amides is 3. The van der Waals surface area contributed by atoms with Crippen LogP contribution < -0.4 is 0 Å². The standard InChI is InChI=1S/C11H17N3O3/c1-6(2)13-10(15)14-8(4)5-7(3)12-9(14)17-11(13)16/h6-8H,5H2,1-4H3. The van der Waals surface area contributed by atoms with E-state index in [0.717, 1.165) is 11.3 Å². The average Bonchev–Trinajstić information content (AvgIpc) is 2.13. The highest BCUT2D eigenvalue weighted by atomic mass is 16.6. The Kier molecular flexibility index (Phi) is 2.81. The highest BCUT2D eigenvalue weighted by Crippen LogP contribution is 2.24. The van der Waals surface area contributed by atoms with Gasteiger partial charge in [-0.05, 0) is 34.1 Å². The summed E-state index contributed by atoms with van der Waals surface area (Å²) in [6, 6.07) is -0.345. The van der Waals surface area contributed by atoms with Gasteiger partial charge in [0.05, 0.1) is 6.04 Å². The van der Waals surface area contributed by atoms with E-state index in [9.17, 15) is 9.59 Å². The number of fused-ring (bicyclic) bond motifs is 1. The Labute approximate surface area is 100 Å². The molecule has 0 aromatic heterocycles. The molecule has 0 spiro atoms. The van der Waals surface area contributed by atoms with E-state index in [1.165, 1.54) is 4.90 Å². The largest absolute Gasteiger partial charge is 0.426 e. The number of carbonyl (C=O) groups is 2. The molecule has 1 fully saturated rings. The second-order valence-corrected chi connectivity index (χ2v) is 4.83. The Balaban J connectivity index is 2.35. The SMILES string of the molecule is CC1CC(C)N2C(=O)N(C(C)C)C(=O)OC2=N1. The molecule has 2 rings (SSSR count). The van der Waals surface area contributed by atoms with Crippen LogP contribution in [0.5, 0.6) is 0 Å². The van der Waals surface area contributed by atoms with Gasteiger partial charge in [-0.1, -0.05) is 0 Å². The Morgan fingerprint density at radius 1 is 1.35 bits per heavy atom. The molecule has 2 atom stereocenters. The molecule has 0 aliphatic carbocycles. The lowest BCUT2D eigenvalue weighted by Gasteiger charge is -2.41. The van der Waals surface area contributed by atoms with Crippen LogP contribution in [0.3, 0.4) is 0 Å². The minimum absolute atomic E-state index is 0.000602. The number of carbonyl (C=O) groups excluding carboxylic acids is 2. The number of rotatable bonds is 1. The molecule has 6 heteroatoms. The molecule has 6 nitrogen and oxygen atoms in total. The summed E-state index contributed by atoms with van der Waals surface area (Å²) in [4.78, 5) is 30.7. The molecule has 17 heavy (non-hydrogen) atoms. The third-order valence-electron chi connectivity index (χ3n) is 2.96. The highest BCUT2D eigenvalue weighted by Gasteiger charge is 2.44. The topological polar surface area (TPSA) is 62.2 Å². The lowest BCUT2D eigenvalue weighted by atomic mass is 10.1. The molecule has 2 aliphatic rings. The van der Waals surface area contributed by atoms with Crippen LogP contribution >= 0.6 is 0 Å². The number of aliphatic imine (C=N–C) groups is 1. The zero-order valence-electron chi connectivity index (χ0n) is 10.5. The van der Waals surface area contributed by atoms with Crippen molar-refractivity contribution < 1.29 is 14.3 Å². The summed E-state index contributed by atoms with van der Waals surface area (Å²) >= 11 is 0. The number of urea groups is 1. The van der Waals surface area contributed by atoms with Gasteiger partial charge in [0.15, 0.2) is 0 Å². The monoisotopic (exact) mass is 239 g/mol. The molecule has 3 amide bonds. The van der Waals surface area contributed by atoms with E-state index in [4.69, 9.17) is 4.74 Å². The van der Waals surface area contributed by atoms with Crippen molar-refractivity contribution in [1.82, 2.24) is 9.80 Å². The smallest absolute Gasteiger partial charge is 0.375 e. The second kappa shape index (κ2) is 4.01. The lowest BCUT2D eigenvalue weighted by Crippen LogP contribution is -2.62. The fourth-order valence-corrected chi connectivity index (χ4v) is 2.19. The second-order valence-electron chi connectivity index (χ2n) is 4.83. The molecule has 2 unspecified atom stereocenters. The quantitative estimate of drug-likeness (QED) is 0.701. The first-order chi connectivity index (χ1) is 7.91. The van der Waals surface area contributed by atoms with Crippen molar-refractivity contribution in [3.05, 3.63) is 0 Å². The molecule has 0 bridgehead atoms. The van der Waals surface area contributed by atoms with Crippen molar-refractivity contribution in [2.24, 2.45) is 4.99 Å². The van der Waals surface area contributed by atoms with E-state index in [1.54, 1.807) is 13.8 Å². The number of imide groups is 1. The summed E-state index contributed by atoms with van der Waals surface area (Å²) in [5.41, 5.74) is 0. The zero-order valence-corrected chi connectivity index (χ0v) is 10.5. The van der Waals surface area contributed by atoms with Gasteiger partial charge in [-0.2, -0.15) is 0 Å². The maximum atomic E-state index is 12.2. The minimum Gasteiger partial charge on any atom is -0.375 e. The van der Waals surface area contributed by atoms with Crippen LogP contribution in [0.2, 0.25) is 0 Å². The molecule has 0 N–H and O–H groups in total. The van der Waals surface area contributed by atoms with Gasteiger partial charge in [-0.3, -0.25) is 0 Å². The zero-order chi connectivity index (χ0) is 12.7. The summed E-state index contributed by atoms with van der Waals surface area (Å²) in [6.45, 7) is 7.42. The fourth-order valence-electron chi connectivity index (χ4n) is 2.19. The van der Waals surface area contributed by atoms with Gasteiger partial charge < -0.3 is 4.74 Å². The van der Waals surface area contributed by atoms with E-state index >= 15 is 0 Å². The van der Waals surface area contributed by atoms with Crippen LogP contribution in [0.1, 0.15) is 34.1 Å². The third-order valence-corrected chi connectivity index (χ3v) is 2.96. The van der Waals surface area contributed by atoms with Gasteiger partial charge in [0.2, 0.25) is 0 Å². The first-order valence-electron chi connectivity index (χ1n) is 5.84. The third kappa shape index (κ3) is 1.87. The van der Waals surface area contributed by atoms with E-state index in [-0.39, 0.29) is 30.2 Å². The Hall–Kier alpha value is -1.59. The van der Waals surface area contributed by atoms with E-state index in [1.807, 2.05) is 13.8 Å². The van der Waals surface area contributed by atoms with Gasteiger partial charge in [0, 0.05) is 12.1 Å². The van der Waals surface area contributed by atoms with Crippen molar-refractivity contribution in [2.75, 3.05) is 0 Å². The molecular weight excluding hydrogens is 222 g/mol. The van der Waals surface area contributed by atoms with Crippen LogP contribution in [0.15, 0.2) is 4.99 Å². The molecule has 0 aromatic carbocycles. The van der Waals surface area contributed by atoms with Crippen LogP contribution in [-0.4, -0.2) is 46.1 Å². The van der Waals surface area contributed by atoms with Gasteiger partial charge in [0.1, 0.15) is 0 Å². The molecule has 94 valence electrons. The van der Waals surface area contributed by atoms with Crippen molar-refractivity contribution in [3.8, 4) is 0 Å². The van der Waals surface area contributed by atoms with Crippen LogP contribution in [-0.2, 0) is 4.74 Å². The number of amidine groups is 1. The van der Waals surface area contributed by atoms with E-state index < -0.39 is 6.09 Å². The van der Waals surface area contributed by atoms with Crippen molar-refractivity contribution in [2.45, 2.75) is 52.2 Å². The molecule has 1 saturated heterocycles. The first kappa shape index (κ1) is 11.9. The predicted molar refractivity (Wildman–Crippen MR) is 61.7 cm³/mol. The van der Waals surface area contributed by atoms with Gasteiger partial charge in [-0.15, -0.1) is 0 Å². The minimum atomic E-state index is -0.638. The van der Waals surface area contributed by atoms with Gasteiger partial charge >= 0.3 is 18.1 Å². The summed E-state index contributed by atoms with van der Waals surface area (Å²) in [5.74, 6) is 0. The van der Waals surface area contributed by atoms with Gasteiger partial charge in [-0.25, -0.2) is 24.4 Å². The van der Waals surface area contributed by atoms with Crippen molar-refractivity contribution >= 4 is 18.1 Å².